The summed E-state index contributed by atoms with van der Waals surface area (Å²) in [6, 6.07) is 9.42. The third kappa shape index (κ3) is 8.55. The number of nitrogens with one attached hydrogen (secondary N) is 1. The molecule has 1 aromatic carbocycles. The van der Waals surface area contributed by atoms with Crippen molar-refractivity contribution in [2.75, 3.05) is 7.05 Å². The Hall–Kier alpha value is -2.98. The monoisotopic (exact) mass is 726 g/mol. The van der Waals surface area contributed by atoms with Crippen LogP contribution < -0.4 is 53.3 Å². The Morgan fingerprint density at radius 2 is 1.63 bits per heavy atom. The molecule has 2 aromatic rings. The Morgan fingerprint density at radius 3 is 2.28 bits per heavy atom. The van der Waals surface area contributed by atoms with Crippen LogP contribution in [0.2, 0.25) is 0 Å². The Labute approximate surface area is 343 Å². The van der Waals surface area contributed by atoms with Crippen LogP contribution in [-0.2, 0) is 21.4 Å². The van der Waals surface area contributed by atoms with Crippen LogP contribution in [0.15, 0.2) is 35.9 Å². The van der Waals surface area contributed by atoms with Gasteiger partial charge in [-0.05, 0) is 120 Å². The summed E-state index contributed by atoms with van der Waals surface area (Å²) in [5, 5.41) is 25.3. The van der Waals surface area contributed by atoms with Crippen LogP contribution in [0.5, 0.6) is 0 Å². The topological polar surface area (TPSA) is 157 Å². The van der Waals surface area contributed by atoms with E-state index in [0.717, 1.165) is 68.7 Å². The van der Waals surface area contributed by atoms with Crippen LogP contribution in [0.1, 0.15) is 108 Å². The van der Waals surface area contributed by atoms with Crippen molar-refractivity contribution < 1.29 is 71.8 Å². The normalized spacial score (nSPS) is 33.4. The van der Waals surface area contributed by atoms with Crippen molar-refractivity contribution in [3.63, 3.8) is 0 Å². The first-order valence-corrected chi connectivity index (χ1v) is 19.0. The van der Waals surface area contributed by atoms with E-state index in [4.69, 9.17) is 26.2 Å². The number of para-hydroxylation sites is 1. The third-order valence-electron chi connectivity index (χ3n) is 13.6. The number of carbonyl (C=O) groups is 4. The van der Waals surface area contributed by atoms with Gasteiger partial charge in [-0.2, -0.15) is 5.10 Å². The molecule has 0 radical (unpaired) electrons. The molecular weight excluding hydrogens is 674 g/mol. The summed E-state index contributed by atoms with van der Waals surface area (Å²) < 4.78 is 7.58. The number of carboxylic acid groups (broad SMARTS) is 2. The van der Waals surface area contributed by atoms with E-state index >= 15 is 0 Å². The Balaban J connectivity index is 0.000000213. The van der Waals surface area contributed by atoms with Gasteiger partial charge in [0.25, 0.3) is 5.91 Å². The number of fused-ring (bicyclic) bond motifs is 8. The first-order valence-electron chi connectivity index (χ1n) is 19.0. The van der Waals surface area contributed by atoms with Gasteiger partial charge in [0.05, 0.1) is 5.52 Å². The molecule has 280 valence electrons. The first kappa shape index (κ1) is 43.7. The maximum Gasteiger partial charge on any atom is 1.00 e. The number of amides is 1. The number of hydrogen-bond donors (Lipinski definition) is 1. The standard InChI is InChI=1S/C22H28O3.C18H24N4O.CH2O3.2Li/c1-4-22(25-14(2)23)12-10-20-19-7-5-15-13-16(24)6-8-17(15)18(19)9-11-21(20,22)3;1-21-13-6-5-7-14(21)11-12(10-13)19-18(23)17-15-8-3-4-9-16(15)22(2)20-17;2-1(3)4;;/h1,13,17-20H,5-12H2,2-3H3;3-4,8-9,12-14H,5-7,10-11H2,1-2H3,(H,19,23);(H2,2,3,4);;/q;;;2*+1/p-2/t17-,18+,19+,20-,21-,22-;12-,13+,14-;;;/m0..../s1. The zero-order valence-electron chi connectivity index (χ0n) is 32.9. The third-order valence-corrected chi connectivity index (χ3v) is 13.6. The number of benzene rings is 1. The molecule has 6 aliphatic rings. The minimum Gasteiger partial charge on any atom is -0.652 e. The fourth-order valence-corrected chi connectivity index (χ4v) is 11.2. The number of piperidine rings is 2. The van der Waals surface area contributed by atoms with Crippen LogP contribution >= 0.6 is 0 Å². The van der Waals surface area contributed by atoms with Gasteiger partial charge < -0.3 is 30.0 Å². The second-order valence-electron chi connectivity index (χ2n) is 16.1. The molecule has 2 saturated heterocycles. The molecule has 3 saturated carbocycles. The SMILES string of the molecule is C#C[C@]1(OC(C)=O)CC[C@H]2[C@@H]3CCC4=CC(=O)CC[C@@H]4[C@H]3CC[C@@]21C.CN1[C@@H]2CCC[C@H]1C[C@@H](NC(=O)c1nn(C)c3ccccc13)C2.O=C([O-])[O-].[Li+].[Li+]. The molecule has 2 bridgehead atoms. The maximum atomic E-state index is 12.7. The Bertz CT molecular complexity index is 1770. The van der Waals surface area contributed by atoms with Crippen LogP contribution in [0, 0.1) is 41.4 Å². The average Bonchev–Trinajstić information content (AvgIpc) is 3.58. The molecule has 4 aliphatic carbocycles. The number of aromatic nitrogens is 2. The summed E-state index contributed by atoms with van der Waals surface area (Å²) in [5.74, 6) is 5.38. The van der Waals surface area contributed by atoms with Gasteiger partial charge >= 0.3 is 43.7 Å². The molecular formula is C41H52Li2N4O7. The molecule has 1 amide bonds. The number of ether oxygens (including phenoxy) is 1. The zero-order chi connectivity index (χ0) is 37.4. The van der Waals surface area contributed by atoms with Crippen molar-refractivity contribution in [2.45, 2.75) is 121 Å². The molecule has 0 unspecified atom stereocenters. The molecule has 1 N–H and O–H groups in total. The van der Waals surface area contributed by atoms with Gasteiger partial charge in [-0.15, -0.1) is 6.42 Å². The van der Waals surface area contributed by atoms with Crippen LogP contribution in [-0.4, -0.2) is 69.3 Å². The minimum absolute atomic E-state index is 0. The van der Waals surface area contributed by atoms with E-state index in [9.17, 15) is 14.4 Å². The molecule has 54 heavy (non-hydrogen) atoms. The van der Waals surface area contributed by atoms with Gasteiger partial charge in [-0.1, -0.05) is 43.0 Å². The summed E-state index contributed by atoms with van der Waals surface area (Å²) in [7, 11) is 4.12. The van der Waals surface area contributed by atoms with E-state index in [0.29, 0.717) is 53.7 Å². The molecule has 5 fully saturated rings. The number of esters is 1. The number of hydrogen-bond acceptors (Lipinski definition) is 9. The molecule has 3 heterocycles. The van der Waals surface area contributed by atoms with Gasteiger partial charge in [0.1, 0.15) is 0 Å². The van der Waals surface area contributed by atoms with Crippen LogP contribution in [0.4, 0.5) is 4.79 Å². The second kappa shape index (κ2) is 17.9. The summed E-state index contributed by atoms with van der Waals surface area (Å²) in [5.41, 5.74) is 2.11. The average molecular weight is 727 g/mol. The van der Waals surface area contributed by atoms with Crippen LogP contribution in [0.25, 0.3) is 10.9 Å². The number of ketones is 1. The van der Waals surface area contributed by atoms with Crippen molar-refractivity contribution in [3.8, 4) is 12.3 Å². The van der Waals surface area contributed by atoms with Gasteiger partial charge in [0, 0.05) is 49.3 Å². The van der Waals surface area contributed by atoms with E-state index in [1.165, 1.54) is 31.8 Å². The van der Waals surface area contributed by atoms with Crippen LogP contribution in [0.3, 0.4) is 0 Å². The molecule has 0 spiro atoms. The Kier molecular flexibility index (Phi) is 14.5. The first-order chi connectivity index (χ1) is 24.8. The quantitative estimate of drug-likeness (QED) is 0.214. The molecule has 1 aromatic heterocycles. The fourth-order valence-electron chi connectivity index (χ4n) is 11.2. The molecule has 13 heteroatoms. The van der Waals surface area contributed by atoms with Crippen molar-refractivity contribution in [1.82, 2.24) is 20.0 Å². The van der Waals surface area contributed by atoms with Crippen molar-refractivity contribution in [3.05, 3.63) is 41.6 Å². The van der Waals surface area contributed by atoms with Gasteiger partial charge in [-0.3, -0.25) is 19.1 Å². The molecule has 8 rings (SSSR count). The summed E-state index contributed by atoms with van der Waals surface area (Å²) in [6.45, 7) is 3.73. The summed E-state index contributed by atoms with van der Waals surface area (Å²) in [4.78, 5) is 47.1. The molecule has 9 atom stereocenters. The number of carbonyl (C=O) groups excluding carboxylic acids is 4. The smallest absolute Gasteiger partial charge is 0.652 e. The van der Waals surface area contributed by atoms with Gasteiger partial charge in [0.2, 0.25) is 0 Å². The van der Waals surface area contributed by atoms with E-state index in [1.54, 1.807) is 4.68 Å². The fraction of sp³-hybridized carbons (Fsp3) is 0.634. The number of aryl methyl sites for hydroxylation is 1. The molecule has 2 aliphatic heterocycles. The zero-order valence-corrected chi connectivity index (χ0v) is 32.9. The predicted molar refractivity (Wildman–Crippen MR) is 191 cm³/mol. The maximum absolute atomic E-state index is 12.7. The van der Waals surface area contributed by atoms with Gasteiger partial charge in [-0.25, -0.2) is 0 Å². The van der Waals surface area contributed by atoms with Crippen molar-refractivity contribution in [2.24, 2.45) is 36.1 Å². The van der Waals surface area contributed by atoms with Crippen molar-refractivity contribution in [1.29, 1.82) is 0 Å². The summed E-state index contributed by atoms with van der Waals surface area (Å²) in [6.07, 6.45) is 19.4. The predicted octanol–water partition coefficient (Wildman–Crippen LogP) is -2.06. The van der Waals surface area contributed by atoms with E-state index in [2.05, 4.69) is 35.2 Å². The number of allylic oxidation sites excluding steroid dienone is 1. The largest absolute Gasteiger partial charge is 1.00 e. The van der Waals surface area contributed by atoms with Gasteiger partial charge in [0.15, 0.2) is 17.1 Å². The number of nitrogens with zero attached hydrogens (tertiary/aromatic N) is 3. The van der Waals surface area contributed by atoms with Crippen molar-refractivity contribution >= 4 is 34.7 Å². The Morgan fingerprint density at radius 1 is 0.963 bits per heavy atom. The van der Waals surface area contributed by atoms with E-state index in [-0.39, 0.29) is 61.1 Å². The second-order valence-corrected chi connectivity index (χ2v) is 16.1. The minimum atomic E-state index is -2.33. The number of rotatable bonds is 3. The number of terminal acetylenes is 1. The van der Waals surface area contributed by atoms with E-state index in [1.807, 2.05) is 37.4 Å². The summed E-state index contributed by atoms with van der Waals surface area (Å²) >= 11 is 0. The molecule has 11 nitrogen and oxygen atoms in total. The van der Waals surface area contributed by atoms with E-state index < -0.39 is 11.8 Å².